The molecule has 1 saturated heterocycles. The Morgan fingerprint density at radius 3 is 2.64 bits per heavy atom. The number of hydrogen-bond donors (Lipinski definition) is 0. The smallest absolute Gasteiger partial charge is 0.254 e. The highest BCUT2D eigenvalue weighted by Crippen LogP contribution is 2.52. The number of amides is 1. The third kappa shape index (κ3) is 2.73. The lowest BCUT2D eigenvalue weighted by Crippen LogP contribution is -2.37. The van der Waals surface area contributed by atoms with Gasteiger partial charge in [0.25, 0.3) is 5.91 Å². The van der Waals surface area contributed by atoms with E-state index in [0.717, 1.165) is 30.6 Å². The largest absolute Gasteiger partial charge is 0.378 e. The number of likely N-dealkylation sites (tertiary alicyclic amines) is 1. The third-order valence-electron chi connectivity index (χ3n) is 5.29. The van der Waals surface area contributed by atoms with Gasteiger partial charge in [-0.05, 0) is 48.3 Å². The summed E-state index contributed by atoms with van der Waals surface area (Å²) in [5.41, 5.74) is 2.54. The van der Waals surface area contributed by atoms with E-state index >= 15 is 0 Å². The number of fused-ring (bicyclic) bond motifs is 2. The number of rotatable bonds is 2. The fourth-order valence-electron chi connectivity index (χ4n) is 4.78. The van der Waals surface area contributed by atoms with Crippen LogP contribution in [0.2, 0.25) is 0 Å². The van der Waals surface area contributed by atoms with Gasteiger partial charge in [0.1, 0.15) is 0 Å². The van der Waals surface area contributed by atoms with Crippen molar-refractivity contribution in [3.63, 3.8) is 0 Å². The van der Waals surface area contributed by atoms with Gasteiger partial charge in [-0.15, -0.1) is 0 Å². The molecule has 2 atom stereocenters. The normalized spacial score (nSPS) is 29.5. The molecule has 0 radical (unpaired) electrons. The van der Waals surface area contributed by atoms with Gasteiger partial charge in [-0.3, -0.25) is 4.79 Å². The summed E-state index contributed by atoms with van der Waals surface area (Å²) < 4.78 is 0. The highest BCUT2D eigenvalue weighted by atomic mass is 16.2. The van der Waals surface area contributed by atoms with Crippen LogP contribution in [0.4, 0.5) is 5.69 Å². The number of carbonyl (C=O) groups excluding carboxylic acids is 1. The van der Waals surface area contributed by atoms with Gasteiger partial charge in [0.05, 0.1) is 0 Å². The fraction of sp³-hybridized carbons (Fsp3) is 0.632. The Bertz CT molecular complexity index is 593. The van der Waals surface area contributed by atoms with Crippen molar-refractivity contribution in [3.8, 4) is 0 Å². The summed E-state index contributed by atoms with van der Waals surface area (Å²) in [6.45, 7) is 7.95. The van der Waals surface area contributed by atoms with Crippen molar-refractivity contribution in [2.24, 2.45) is 10.8 Å². The predicted octanol–water partition coefficient (Wildman–Crippen LogP) is 3.79. The molecule has 1 amide bonds. The van der Waals surface area contributed by atoms with Crippen molar-refractivity contribution in [2.45, 2.75) is 46.1 Å². The van der Waals surface area contributed by atoms with Crippen molar-refractivity contribution in [1.29, 1.82) is 0 Å². The van der Waals surface area contributed by atoms with Gasteiger partial charge >= 0.3 is 0 Å². The number of carbonyl (C=O) groups is 1. The van der Waals surface area contributed by atoms with Gasteiger partial charge in [-0.1, -0.05) is 26.8 Å². The first-order valence-electron chi connectivity index (χ1n) is 8.28. The average Bonchev–Trinajstić information content (AvgIpc) is 2.67. The van der Waals surface area contributed by atoms with E-state index in [1.54, 1.807) is 0 Å². The van der Waals surface area contributed by atoms with Crippen LogP contribution in [0, 0.1) is 10.8 Å². The van der Waals surface area contributed by atoms with Crippen LogP contribution in [0.15, 0.2) is 24.3 Å². The molecule has 2 aliphatic rings. The molecule has 1 heterocycles. The Hall–Kier alpha value is -1.51. The van der Waals surface area contributed by atoms with E-state index in [0.29, 0.717) is 16.9 Å². The van der Waals surface area contributed by atoms with Gasteiger partial charge < -0.3 is 9.80 Å². The molecule has 2 bridgehead atoms. The van der Waals surface area contributed by atoms with Crippen molar-refractivity contribution >= 4 is 11.6 Å². The second-order valence-corrected chi connectivity index (χ2v) is 8.59. The molecule has 0 N–H and O–H groups in total. The van der Waals surface area contributed by atoms with Crippen LogP contribution in [0.25, 0.3) is 0 Å². The summed E-state index contributed by atoms with van der Waals surface area (Å²) in [5.74, 6) is 0.204. The molecule has 1 aromatic rings. The second-order valence-electron chi connectivity index (χ2n) is 8.59. The molecule has 3 rings (SSSR count). The average molecular weight is 300 g/mol. The topological polar surface area (TPSA) is 23.6 Å². The van der Waals surface area contributed by atoms with Crippen molar-refractivity contribution in [3.05, 3.63) is 29.8 Å². The highest BCUT2D eigenvalue weighted by Gasteiger charge is 2.50. The lowest BCUT2D eigenvalue weighted by atomic mass is 9.65. The molecule has 0 spiro atoms. The summed E-state index contributed by atoms with van der Waals surface area (Å²) in [6.07, 6.45) is 3.51. The Balaban J connectivity index is 1.86. The minimum absolute atomic E-state index is 0.204. The van der Waals surface area contributed by atoms with E-state index in [1.807, 2.05) is 43.3 Å². The molecule has 1 aliphatic carbocycles. The molecule has 120 valence electrons. The highest BCUT2D eigenvalue weighted by molar-refractivity contribution is 5.95. The Labute approximate surface area is 134 Å². The van der Waals surface area contributed by atoms with Crippen LogP contribution in [0.3, 0.4) is 0 Å². The van der Waals surface area contributed by atoms with Gasteiger partial charge in [0, 0.05) is 37.9 Å². The van der Waals surface area contributed by atoms with Crippen LogP contribution in [0.1, 0.15) is 50.4 Å². The molecule has 0 aromatic heterocycles. The Morgan fingerprint density at radius 2 is 1.95 bits per heavy atom. The predicted molar refractivity (Wildman–Crippen MR) is 91.3 cm³/mol. The van der Waals surface area contributed by atoms with E-state index in [4.69, 9.17) is 0 Å². The van der Waals surface area contributed by atoms with E-state index in [-0.39, 0.29) is 5.91 Å². The van der Waals surface area contributed by atoms with Crippen molar-refractivity contribution in [2.75, 3.05) is 25.5 Å². The number of hydrogen-bond acceptors (Lipinski definition) is 2. The molecule has 1 saturated carbocycles. The zero-order valence-corrected chi connectivity index (χ0v) is 14.5. The molecule has 1 aromatic carbocycles. The standard InChI is InChI=1S/C19H28N2O/c1-18(2)10-16-11-19(3,12-18)13-21(16)17(22)14-7-6-8-15(9-14)20(4)5/h6-9,16H,10-13H2,1-5H3/t16-,19+/m1/s1. The van der Waals surface area contributed by atoms with Crippen molar-refractivity contribution in [1.82, 2.24) is 4.90 Å². The quantitative estimate of drug-likeness (QED) is 0.829. The summed E-state index contributed by atoms with van der Waals surface area (Å²) in [7, 11) is 4.02. The van der Waals surface area contributed by atoms with Gasteiger partial charge in [0.2, 0.25) is 0 Å². The monoisotopic (exact) mass is 300 g/mol. The lowest BCUT2D eigenvalue weighted by Gasteiger charge is -2.39. The van der Waals surface area contributed by atoms with Crippen LogP contribution < -0.4 is 4.90 Å². The summed E-state index contributed by atoms with van der Waals surface area (Å²) in [5, 5.41) is 0. The lowest BCUT2D eigenvalue weighted by molar-refractivity contribution is 0.0708. The van der Waals surface area contributed by atoms with E-state index in [9.17, 15) is 4.79 Å². The van der Waals surface area contributed by atoms with Crippen LogP contribution in [-0.2, 0) is 0 Å². The SMILES string of the molecule is CN(C)c1cccc(C(=O)N2C[C@@]3(C)C[C@H]2CC(C)(C)C3)c1. The minimum atomic E-state index is 0.204. The van der Waals surface area contributed by atoms with E-state index < -0.39 is 0 Å². The van der Waals surface area contributed by atoms with Crippen molar-refractivity contribution < 1.29 is 4.79 Å². The molecule has 3 heteroatoms. The molecule has 22 heavy (non-hydrogen) atoms. The molecule has 0 unspecified atom stereocenters. The minimum Gasteiger partial charge on any atom is -0.378 e. The summed E-state index contributed by atoms with van der Waals surface area (Å²) >= 11 is 0. The summed E-state index contributed by atoms with van der Waals surface area (Å²) in [6, 6.07) is 8.40. The Kier molecular flexibility index (Phi) is 3.50. The zero-order valence-electron chi connectivity index (χ0n) is 14.5. The Morgan fingerprint density at radius 1 is 1.23 bits per heavy atom. The number of nitrogens with zero attached hydrogens (tertiary/aromatic N) is 2. The maximum atomic E-state index is 13.0. The second kappa shape index (κ2) is 5.00. The molecular formula is C19H28N2O. The van der Waals surface area contributed by atoms with Crippen LogP contribution in [0.5, 0.6) is 0 Å². The van der Waals surface area contributed by atoms with E-state index in [2.05, 4.69) is 25.7 Å². The van der Waals surface area contributed by atoms with Gasteiger partial charge in [-0.25, -0.2) is 0 Å². The maximum Gasteiger partial charge on any atom is 0.254 e. The number of benzene rings is 1. The van der Waals surface area contributed by atoms with Gasteiger partial charge in [-0.2, -0.15) is 0 Å². The first-order valence-corrected chi connectivity index (χ1v) is 8.28. The van der Waals surface area contributed by atoms with Crippen LogP contribution >= 0.6 is 0 Å². The maximum absolute atomic E-state index is 13.0. The number of anilines is 1. The molecular weight excluding hydrogens is 272 g/mol. The first kappa shape index (κ1) is 15.4. The fourth-order valence-corrected chi connectivity index (χ4v) is 4.78. The summed E-state index contributed by atoms with van der Waals surface area (Å²) in [4.78, 5) is 17.2. The third-order valence-corrected chi connectivity index (χ3v) is 5.29. The van der Waals surface area contributed by atoms with Crippen LogP contribution in [-0.4, -0.2) is 37.5 Å². The zero-order chi connectivity index (χ0) is 16.1. The molecule has 2 fully saturated rings. The van der Waals surface area contributed by atoms with E-state index in [1.165, 1.54) is 6.42 Å². The van der Waals surface area contributed by atoms with Gasteiger partial charge in [0.15, 0.2) is 0 Å². The molecule has 3 nitrogen and oxygen atoms in total. The first-order chi connectivity index (χ1) is 10.2. The molecule has 1 aliphatic heterocycles.